The van der Waals surface area contributed by atoms with Crippen LogP contribution in [0.3, 0.4) is 0 Å². The van der Waals surface area contributed by atoms with Crippen LogP contribution in [0.2, 0.25) is 0 Å². The first-order valence-electron chi connectivity index (χ1n) is 8.25. The normalized spacial score (nSPS) is 15.1. The second-order valence-corrected chi connectivity index (χ2v) is 8.15. The summed E-state index contributed by atoms with van der Waals surface area (Å²) in [5, 5.41) is 10.6. The monoisotopic (exact) mass is 526 g/mol. The molecular formula is C19H15IN2O6S. The molecule has 3 rings (SSSR count). The minimum atomic E-state index is -0.458. The first-order valence-corrected chi connectivity index (χ1v) is 10.1. The van der Waals surface area contributed by atoms with Gasteiger partial charge in [0, 0.05) is 19.2 Å². The molecule has 0 N–H and O–H groups in total. The van der Waals surface area contributed by atoms with E-state index in [2.05, 4.69) is 22.6 Å². The molecule has 150 valence electrons. The molecule has 0 saturated carbocycles. The van der Waals surface area contributed by atoms with Crippen molar-refractivity contribution in [1.29, 1.82) is 0 Å². The molecule has 0 unspecified atom stereocenters. The number of hydrogen-bond acceptors (Lipinski definition) is 7. The number of likely N-dealkylation sites (N-methyl/N-ethyl adjacent to an activating group) is 1. The highest BCUT2D eigenvalue weighted by Gasteiger charge is 2.31. The molecule has 1 aliphatic rings. The maximum absolute atomic E-state index is 12.1. The van der Waals surface area contributed by atoms with Crippen LogP contribution in [0.25, 0.3) is 6.08 Å². The van der Waals surface area contributed by atoms with Crippen molar-refractivity contribution in [2.45, 2.75) is 6.61 Å². The summed E-state index contributed by atoms with van der Waals surface area (Å²) >= 11 is 2.96. The molecule has 0 aliphatic carbocycles. The molecule has 0 bridgehead atoms. The minimum absolute atomic E-state index is 0.00650. The van der Waals surface area contributed by atoms with Crippen LogP contribution in [0, 0.1) is 13.7 Å². The first kappa shape index (κ1) is 21.1. The van der Waals surface area contributed by atoms with Crippen LogP contribution < -0.4 is 9.47 Å². The molecule has 1 heterocycles. The minimum Gasteiger partial charge on any atom is -0.493 e. The number of non-ortho nitro benzene ring substituents is 1. The summed E-state index contributed by atoms with van der Waals surface area (Å²) in [4.78, 5) is 35.6. The molecule has 29 heavy (non-hydrogen) atoms. The number of ether oxygens (including phenoxy) is 2. The second kappa shape index (κ2) is 8.82. The summed E-state index contributed by atoms with van der Waals surface area (Å²) in [7, 11) is 2.93. The Balaban J connectivity index is 1.84. The van der Waals surface area contributed by atoms with Gasteiger partial charge in [-0.1, -0.05) is 12.1 Å². The van der Waals surface area contributed by atoms with Crippen LogP contribution in [0.1, 0.15) is 11.1 Å². The summed E-state index contributed by atoms with van der Waals surface area (Å²) in [6.07, 6.45) is 1.63. The number of hydrogen-bond donors (Lipinski definition) is 0. The molecule has 0 atom stereocenters. The van der Waals surface area contributed by atoms with E-state index in [0.29, 0.717) is 27.5 Å². The Morgan fingerprint density at radius 3 is 2.66 bits per heavy atom. The van der Waals surface area contributed by atoms with E-state index in [0.717, 1.165) is 20.2 Å². The number of nitrogens with zero attached hydrogens (tertiary/aromatic N) is 2. The lowest BCUT2D eigenvalue weighted by Gasteiger charge is -2.14. The van der Waals surface area contributed by atoms with E-state index < -0.39 is 4.92 Å². The highest BCUT2D eigenvalue weighted by Crippen LogP contribution is 2.37. The molecule has 1 aliphatic heterocycles. The van der Waals surface area contributed by atoms with Gasteiger partial charge < -0.3 is 9.47 Å². The number of nitro groups is 1. The number of thioether (sulfide) groups is 1. The van der Waals surface area contributed by atoms with Crippen molar-refractivity contribution in [2.75, 3.05) is 14.2 Å². The zero-order valence-corrected chi connectivity index (χ0v) is 18.4. The molecule has 8 nitrogen and oxygen atoms in total. The van der Waals surface area contributed by atoms with Crippen molar-refractivity contribution in [3.05, 3.63) is 66.1 Å². The zero-order chi connectivity index (χ0) is 21.1. The molecule has 0 aromatic heterocycles. The van der Waals surface area contributed by atoms with Gasteiger partial charge in [0.15, 0.2) is 11.5 Å². The fraction of sp³-hybridized carbons (Fsp3) is 0.158. The fourth-order valence-corrected chi connectivity index (χ4v) is 4.18. The third-order valence-corrected chi connectivity index (χ3v) is 5.80. The van der Waals surface area contributed by atoms with E-state index in [-0.39, 0.29) is 23.4 Å². The highest BCUT2D eigenvalue weighted by molar-refractivity contribution is 14.1. The van der Waals surface area contributed by atoms with Crippen LogP contribution in [-0.2, 0) is 11.4 Å². The van der Waals surface area contributed by atoms with E-state index in [1.54, 1.807) is 30.3 Å². The fourth-order valence-electron chi connectivity index (χ4n) is 2.58. The van der Waals surface area contributed by atoms with Crippen LogP contribution in [0.4, 0.5) is 10.5 Å². The molecule has 2 amide bonds. The van der Waals surface area contributed by atoms with Crippen LogP contribution in [0.5, 0.6) is 11.5 Å². The summed E-state index contributed by atoms with van der Waals surface area (Å²) in [6, 6.07) is 9.71. The van der Waals surface area contributed by atoms with Crippen molar-refractivity contribution >= 4 is 57.3 Å². The maximum Gasteiger partial charge on any atom is 0.293 e. The predicted molar refractivity (Wildman–Crippen MR) is 117 cm³/mol. The molecule has 1 fully saturated rings. The number of imide groups is 1. The largest absolute Gasteiger partial charge is 0.493 e. The number of benzene rings is 2. The SMILES string of the molecule is COc1cc(/C=C2\SC(=O)N(C)C2=O)cc(I)c1OCc1cccc([N+](=O)[O-])c1. The van der Waals surface area contributed by atoms with E-state index >= 15 is 0 Å². The van der Waals surface area contributed by atoms with Gasteiger partial charge in [-0.2, -0.15) is 0 Å². The number of methoxy groups -OCH3 is 1. The Morgan fingerprint density at radius 2 is 2.03 bits per heavy atom. The average Bonchev–Trinajstić information content (AvgIpc) is 2.93. The van der Waals surface area contributed by atoms with Crippen LogP contribution in [-0.4, -0.2) is 35.1 Å². The van der Waals surface area contributed by atoms with E-state index in [1.807, 2.05) is 0 Å². The predicted octanol–water partition coefficient (Wildman–Crippen LogP) is 4.45. The van der Waals surface area contributed by atoms with Gasteiger partial charge in [-0.25, -0.2) is 0 Å². The van der Waals surface area contributed by atoms with Crippen molar-refractivity contribution in [3.8, 4) is 11.5 Å². The van der Waals surface area contributed by atoms with E-state index in [4.69, 9.17) is 9.47 Å². The third-order valence-electron chi connectivity index (χ3n) is 4.04. The van der Waals surface area contributed by atoms with Gasteiger partial charge in [0.25, 0.3) is 16.8 Å². The zero-order valence-electron chi connectivity index (χ0n) is 15.4. The molecule has 2 aromatic carbocycles. The third kappa shape index (κ3) is 4.70. The van der Waals surface area contributed by atoms with Crippen LogP contribution >= 0.6 is 34.4 Å². The van der Waals surface area contributed by atoms with Gasteiger partial charge in [-0.05, 0) is 63.7 Å². The molecule has 2 aromatic rings. The smallest absolute Gasteiger partial charge is 0.293 e. The number of amides is 2. The van der Waals surface area contributed by atoms with Gasteiger partial charge in [-0.15, -0.1) is 0 Å². The number of carbonyl (C=O) groups is 2. The number of rotatable bonds is 6. The first-order chi connectivity index (χ1) is 13.8. The van der Waals surface area contributed by atoms with Gasteiger partial charge in [0.1, 0.15) is 6.61 Å². The Bertz CT molecular complexity index is 1040. The second-order valence-electron chi connectivity index (χ2n) is 5.99. The molecule has 0 radical (unpaired) electrons. The number of carbonyl (C=O) groups excluding carboxylic acids is 2. The summed E-state index contributed by atoms with van der Waals surface area (Å²) in [6.45, 7) is 0.127. The Kier molecular flexibility index (Phi) is 6.42. The maximum atomic E-state index is 12.1. The van der Waals surface area contributed by atoms with Gasteiger partial charge in [0.05, 0.1) is 20.5 Å². The van der Waals surface area contributed by atoms with Gasteiger partial charge in [-0.3, -0.25) is 24.6 Å². The Labute approximate surface area is 184 Å². The average molecular weight is 526 g/mol. The lowest BCUT2D eigenvalue weighted by Crippen LogP contribution is -2.22. The quantitative estimate of drug-likeness (QED) is 0.237. The van der Waals surface area contributed by atoms with Crippen LogP contribution in [0.15, 0.2) is 41.3 Å². The Morgan fingerprint density at radius 1 is 1.28 bits per heavy atom. The van der Waals surface area contributed by atoms with Crippen molar-refractivity contribution in [1.82, 2.24) is 4.90 Å². The summed E-state index contributed by atoms with van der Waals surface area (Å²) in [5.41, 5.74) is 1.33. The molecule has 1 saturated heterocycles. The molecule has 10 heteroatoms. The van der Waals surface area contributed by atoms with Crippen molar-refractivity contribution < 1.29 is 24.0 Å². The van der Waals surface area contributed by atoms with Crippen molar-refractivity contribution in [3.63, 3.8) is 0 Å². The topological polar surface area (TPSA) is 99.0 Å². The Hall–Kier alpha value is -2.60. The highest BCUT2D eigenvalue weighted by atomic mass is 127. The molecular weight excluding hydrogens is 511 g/mol. The van der Waals surface area contributed by atoms with Gasteiger partial charge in [0.2, 0.25) is 0 Å². The standard InChI is InChI=1S/C19H15IN2O6S/c1-21-18(23)16(29-19(21)24)9-12-7-14(20)17(15(8-12)27-2)28-10-11-4-3-5-13(6-11)22(25)26/h3-9H,10H2,1-2H3/b16-9-. The molecule has 0 spiro atoms. The van der Waals surface area contributed by atoms with Crippen molar-refractivity contribution in [2.24, 2.45) is 0 Å². The van der Waals surface area contributed by atoms with Gasteiger partial charge >= 0.3 is 0 Å². The number of halogens is 1. The van der Waals surface area contributed by atoms with E-state index in [1.165, 1.54) is 26.3 Å². The lowest BCUT2D eigenvalue weighted by molar-refractivity contribution is -0.384. The summed E-state index contributed by atoms with van der Waals surface area (Å²) in [5.74, 6) is 0.588. The lowest BCUT2D eigenvalue weighted by atomic mass is 10.1. The van der Waals surface area contributed by atoms with E-state index in [9.17, 15) is 19.7 Å². The number of nitro benzene ring substituents is 1. The summed E-state index contributed by atoms with van der Waals surface area (Å²) < 4.78 is 12.0.